The van der Waals surface area contributed by atoms with Crippen LogP contribution < -0.4 is 5.73 Å². The van der Waals surface area contributed by atoms with E-state index in [-0.39, 0.29) is 6.54 Å². The molecule has 19 heavy (non-hydrogen) atoms. The highest BCUT2D eigenvalue weighted by Gasteiger charge is 2.24. The zero-order chi connectivity index (χ0) is 14.0. The van der Waals surface area contributed by atoms with E-state index in [4.69, 9.17) is 5.73 Å². The highest BCUT2D eigenvalue weighted by atomic mass is 32.2. The van der Waals surface area contributed by atoms with Crippen LogP contribution >= 0.6 is 22.7 Å². The molecule has 0 saturated carbocycles. The molecular formula is C11H15N3O2S3. The third-order valence-electron chi connectivity index (χ3n) is 2.72. The first-order valence-corrected chi connectivity index (χ1v) is 8.78. The van der Waals surface area contributed by atoms with Gasteiger partial charge in [-0.05, 0) is 18.6 Å². The van der Waals surface area contributed by atoms with Crippen LogP contribution in [-0.2, 0) is 23.1 Å². The maximum absolute atomic E-state index is 12.4. The molecule has 2 rings (SSSR count). The molecule has 0 aliphatic rings. The topological polar surface area (TPSA) is 76.3 Å². The summed E-state index contributed by atoms with van der Waals surface area (Å²) in [6.07, 6.45) is 0. The molecule has 0 aliphatic heterocycles. The minimum Gasteiger partial charge on any atom is -0.326 e. The number of rotatable bonds is 5. The Morgan fingerprint density at radius 2 is 2.21 bits per heavy atom. The Labute approximate surface area is 120 Å². The van der Waals surface area contributed by atoms with Crippen LogP contribution in [-0.4, -0.2) is 24.8 Å². The zero-order valence-electron chi connectivity index (χ0n) is 10.7. The fraction of sp³-hybridized carbons (Fsp3) is 0.364. The van der Waals surface area contributed by atoms with Gasteiger partial charge in [-0.1, -0.05) is 0 Å². The molecular weight excluding hydrogens is 302 g/mol. The normalized spacial score (nSPS) is 12.2. The molecule has 2 aromatic heterocycles. The van der Waals surface area contributed by atoms with Crippen molar-refractivity contribution in [1.82, 2.24) is 9.29 Å². The highest BCUT2D eigenvalue weighted by Crippen LogP contribution is 2.28. The molecule has 104 valence electrons. The minimum absolute atomic E-state index is 0.279. The van der Waals surface area contributed by atoms with Gasteiger partial charge in [-0.15, -0.1) is 22.7 Å². The Balaban J connectivity index is 2.25. The van der Waals surface area contributed by atoms with Gasteiger partial charge in [0.15, 0.2) is 0 Å². The van der Waals surface area contributed by atoms with Crippen molar-refractivity contribution in [3.63, 3.8) is 0 Å². The quantitative estimate of drug-likeness (QED) is 0.912. The Kier molecular flexibility index (Phi) is 4.36. The molecule has 8 heteroatoms. The van der Waals surface area contributed by atoms with Crippen molar-refractivity contribution in [3.05, 3.63) is 33.1 Å². The van der Waals surface area contributed by atoms with Crippen molar-refractivity contribution in [1.29, 1.82) is 0 Å². The van der Waals surface area contributed by atoms with E-state index in [0.717, 1.165) is 16.1 Å². The number of nitrogens with two attached hydrogens (primary N) is 1. The fourth-order valence-electron chi connectivity index (χ4n) is 1.60. The molecule has 0 bridgehead atoms. The second kappa shape index (κ2) is 5.68. The lowest BCUT2D eigenvalue weighted by atomic mass is 10.3. The molecule has 0 aliphatic carbocycles. The molecule has 5 nitrogen and oxygen atoms in total. The summed E-state index contributed by atoms with van der Waals surface area (Å²) in [5.41, 5.74) is 8.96. The fourth-order valence-corrected chi connectivity index (χ4v) is 4.97. The van der Waals surface area contributed by atoms with Crippen LogP contribution in [0.2, 0.25) is 0 Å². The monoisotopic (exact) mass is 317 g/mol. The van der Waals surface area contributed by atoms with Crippen molar-refractivity contribution in [3.8, 4) is 0 Å². The maximum atomic E-state index is 12.4. The van der Waals surface area contributed by atoms with Crippen molar-refractivity contribution < 1.29 is 8.42 Å². The van der Waals surface area contributed by atoms with Crippen LogP contribution in [0.15, 0.2) is 21.2 Å². The van der Waals surface area contributed by atoms with Crippen LogP contribution in [0.1, 0.15) is 16.1 Å². The summed E-state index contributed by atoms with van der Waals surface area (Å²) in [5.74, 6) is 0. The summed E-state index contributed by atoms with van der Waals surface area (Å²) in [7, 11) is -1.90. The summed E-state index contributed by atoms with van der Waals surface area (Å²) in [6.45, 7) is 2.51. The van der Waals surface area contributed by atoms with Crippen LogP contribution in [0.5, 0.6) is 0 Å². The average Bonchev–Trinajstić information content (AvgIpc) is 2.98. The molecule has 0 radical (unpaired) electrons. The third kappa shape index (κ3) is 3.03. The van der Waals surface area contributed by atoms with Gasteiger partial charge in [-0.25, -0.2) is 13.4 Å². The van der Waals surface area contributed by atoms with Gasteiger partial charge >= 0.3 is 0 Å². The number of sulfonamides is 1. The molecule has 0 unspecified atom stereocenters. The van der Waals surface area contributed by atoms with Gasteiger partial charge in [0.2, 0.25) is 0 Å². The minimum atomic E-state index is -3.47. The predicted molar refractivity (Wildman–Crippen MR) is 77.7 cm³/mol. The molecule has 2 heterocycles. The number of nitrogens with zero attached hydrogens (tertiary/aromatic N) is 2. The summed E-state index contributed by atoms with van der Waals surface area (Å²) in [5, 5.41) is 1.84. The van der Waals surface area contributed by atoms with Gasteiger partial charge in [0, 0.05) is 23.8 Å². The Morgan fingerprint density at radius 3 is 2.74 bits per heavy atom. The molecule has 0 atom stereocenters. The van der Waals surface area contributed by atoms with E-state index in [9.17, 15) is 8.42 Å². The molecule has 2 N–H and O–H groups in total. The Morgan fingerprint density at radius 1 is 1.47 bits per heavy atom. The summed E-state index contributed by atoms with van der Waals surface area (Å²) in [4.78, 5) is 5.00. The van der Waals surface area contributed by atoms with Crippen molar-refractivity contribution in [2.45, 2.75) is 24.2 Å². The van der Waals surface area contributed by atoms with E-state index in [1.165, 1.54) is 27.0 Å². The third-order valence-corrected chi connectivity index (χ3v) is 6.86. The Bertz CT molecular complexity index is 647. The van der Waals surface area contributed by atoms with Crippen molar-refractivity contribution in [2.75, 3.05) is 7.05 Å². The average molecular weight is 317 g/mol. The SMILES string of the molecule is Cc1cc(S(=O)(=O)N(C)Cc2cscn2)sc1CN. The number of aromatic nitrogens is 1. The number of hydrogen-bond donors (Lipinski definition) is 1. The molecule has 0 amide bonds. The number of thiophene rings is 1. The van der Waals surface area contributed by atoms with E-state index in [2.05, 4.69) is 4.98 Å². The molecule has 2 aromatic rings. The van der Waals surface area contributed by atoms with Gasteiger partial charge in [0.25, 0.3) is 10.0 Å². The standard InChI is InChI=1S/C11H15N3O2S3/c1-8-3-11(18-10(8)4-12)19(15,16)14(2)5-9-6-17-7-13-9/h3,6-7H,4-5,12H2,1-2H3. The van der Waals surface area contributed by atoms with Crippen molar-refractivity contribution in [2.24, 2.45) is 5.73 Å². The van der Waals surface area contributed by atoms with Gasteiger partial charge < -0.3 is 5.73 Å². The van der Waals surface area contributed by atoms with E-state index >= 15 is 0 Å². The first-order chi connectivity index (χ1) is 8.95. The molecule has 0 aromatic carbocycles. The van der Waals surface area contributed by atoms with E-state index in [1.54, 1.807) is 18.6 Å². The first kappa shape index (κ1) is 14.6. The lowest BCUT2D eigenvalue weighted by molar-refractivity contribution is 0.464. The van der Waals surface area contributed by atoms with E-state index in [1.807, 2.05) is 12.3 Å². The largest absolute Gasteiger partial charge is 0.326 e. The number of aryl methyl sites for hydroxylation is 1. The number of thiazole rings is 1. The smallest absolute Gasteiger partial charge is 0.252 e. The van der Waals surface area contributed by atoms with E-state index < -0.39 is 10.0 Å². The second-order valence-corrected chi connectivity index (χ2v) is 8.24. The van der Waals surface area contributed by atoms with Crippen LogP contribution in [0.3, 0.4) is 0 Å². The predicted octanol–water partition coefficient (Wildman–Crippen LogP) is 1.79. The molecule has 0 saturated heterocycles. The number of hydrogen-bond acceptors (Lipinski definition) is 6. The van der Waals surface area contributed by atoms with Gasteiger partial charge in [-0.3, -0.25) is 0 Å². The van der Waals surface area contributed by atoms with Gasteiger partial charge in [0.05, 0.1) is 17.7 Å². The lowest BCUT2D eigenvalue weighted by Crippen LogP contribution is -2.25. The Hall–Kier alpha value is -0.800. The van der Waals surface area contributed by atoms with Gasteiger partial charge in [-0.2, -0.15) is 4.31 Å². The van der Waals surface area contributed by atoms with Crippen LogP contribution in [0.4, 0.5) is 0 Å². The lowest BCUT2D eigenvalue weighted by Gasteiger charge is -2.14. The maximum Gasteiger partial charge on any atom is 0.252 e. The first-order valence-electron chi connectivity index (χ1n) is 5.58. The molecule has 0 spiro atoms. The summed E-state index contributed by atoms with van der Waals surface area (Å²) >= 11 is 2.69. The second-order valence-electron chi connectivity index (χ2n) is 4.12. The van der Waals surface area contributed by atoms with Crippen LogP contribution in [0.25, 0.3) is 0 Å². The van der Waals surface area contributed by atoms with Gasteiger partial charge in [0.1, 0.15) is 4.21 Å². The highest BCUT2D eigenvalue weighted by molar-refractivity contribution is 7.91. The van der Waals surface area contributed by atoms with Crippen LogP contribution in [0, 0.1) is 6.92 Å². The summed E-state index contributed by atoms with van der Waals surface area (Å²) < 4.78 is 26.5. The zero-order valence-corrected chi connectivity index (χ0v) is 13.1. The van der Waals surface area contributed by atoms with E-state index in [0.29, 0.717) is 10.8 Å². The summed E-state index contributed by atoms with van der Waals surface area (Å²) in [6, 6.07) is 1.68. The van der Waals surface area contributed by atoms with Crippen molar-refractivity contribution >= 4 is 32.7 Å². The molecule has 0 fully saturated rings.